The summed E-state index contributed by atoms with van der Waals surface area (Å²) in [5, 5.41) is 5.46. The van der Waals surface area contributed by atoms with E-state index in [2.05, 4.69) is 10.6 Å². The van der Waals surface area contributed by atoms with Gasteiger partial charge in [0.1, 0.15) is 0 Å². The molecule has 1 aromatic carbocycles. The van der Waals surface area contributed by atoms with Crippen LogP contribution < -0.4 is 10.6 Å². The van der Waals surface area contributed by atoms with Crippen molar-refractivity contribution in [2.75, 3.05) is 44.6 Å². The Bertz CT molecular complexity index is 610. The molecule has 0 bridgehead atoms. The van der Waals surface area contributed by atoms with Crippen LogP contribution in [0.15, 0.2) is 24.3 Å². The van der Waals surface area contributed by atoms with E-state index in [1.165, 1.54) is 6.92 Å². The van der Waals surface area contributed by atoms with Gasteiger partial charge in [0.2, 0.25) is 11.8 Å². The van der Waals surface area contributed by atoms with Crippen molar-refractivity contribution < 1.29 is 14.4 Å². The van der Waals surface area contributed by atoms with E-state index in [-0.39, 0.29) is 17.7 Å². The van der Waals surface area contributed by atoms with Gasteiger partial charge in [-0.05, 0) is 25.1 Å². The normalized spacial score (nSPS) is 15.0. The fourth-order valence-corrected chi connectivity index (χ4v) is 2.68. The number of hydrogen-bond donors (Lipinski definition) is 2. The van der Waals surface area contributed by atoms with Crippen molar-refractivity contribution in [1.29, 1.82) is 0 Å². The van der Waals surface area contributed by atoms with E-state index in [0.717, 1.165) is 0 Å². The first kappa shape index (κ1) is 17.9. The predicted molar refractivity (Wildman–Crippen MR) is 91.8 cm³/mol. The molecular weight excluding hydrogens is 308 g/mol. The van der Waals surface area contributed by atoms with E-state index in [4.69, 9.17) is 0 Å². The van der Waals surface area contributed by atoms with Crippen LogP contribution in [0.4, 0.5) is 5.69 Å². The van der Waals surface area contributed by atoms with Crippen LogP contribution in [-0.4, -0.2) is 66.8 Å². The molecule has 3 amide bonds. The molecule has 130 valence electrons. The van der Waals surface area contributed by atoms with Crippen molar-refractivity contribution in [2.24, 2.45) is 0 Å². The lowest BCUT2D eigenvalue weighted by Gasteiger charge is -2.34. The van der Waals surface area contributed by atoms with E-state index >= 15 is 0 Å². The Morgan fingerprint density at radius 1 is 1.12 bits per heavy atom. The molecule has 0 radical (unpaired) electrons. The number of carbonyl (C=O) groups is 3. The van der Waals surface area contributed by atoms with Gasteiger partial charge in [-0.1, -0.05) is 6.07 Å². The first-order valence-electron chi connectivity index (χ1n) is 8.15. The Balaban J connectivity index is 1.91. The topological polar surface area (TPSA) is 81.8 Å². The molecule has 7 heteroatoms. The number of rotatable bonds is 5. The fourth-order valence-electron chi connectivity index (χ4n) is 2.68. The molecule has 1 heterocycles. The molecule has 2 N–H and O–H groups in total. The third-order valence-electron chi connectivity index (χ3n) is 3.83. The molecule has 7 nitrogen and oxygen atoms in total. The summed E-state index contributed by atoms with van der Waals surface area (Å²) >= 11 is 0. The third kappa shape index (κ3) is 5.06. The number of piperazine rings is 1. The van der Waals surface area contributed by atoms with Crippen molar-refractivity contribution in [3.8, 4) is 0 Å². The van der Waals surface area contributed by atoms with Crippen LogP contribution in [-0.2, 0) is 9.59 Å². The molecule has 0 aromatic heterocycles. The van der Waals surface area contributed by atoms with Gasteiger partial charge in [0.05, 0.1) is 6.54 Å². The van der Waals surface area contributed by atoms with Crippen molar-refractivity contribution in [1.82, 2.24) is 15.1 Å². The summed E-state index contributed by atoms with van der Waals surface area (Å²) in [5.41, 5.74) is 1.17. The summed E-state index contributed by atoms with van der Waals surface area (Å²) in [7, 11) is 0. The summed E-state index contributed by atoms with van der Waals surface area (Å²) in [6.07, 6.45) is 0. The number of nitrogens with one attached hydrogen (secondary N) is 2. The zero-order valence-corrected chi connectivity index (χ0v) is 14.2. The third-order valence-corrected chi connectivity index (χ3v) is 3.83. The van der Waals surface area contributed by atoms with Crippen molar-refractivity contribution >= 4 is 23.4 Å². The summed E-state index contributed by atoms with van der Waals surface area (Å²) in [6.45, 7) is 6.84. The minimum absolute atomic E-state index is 0.0142. The molecule has 0 spiro atoms. The number of carbonyl (C=O) groups excluding carboxylic acids is 3. The van der Waals surface area contributed by atoms with Gasteiger partial charge in [0.15, 0.2) is 0 Å². The largest absolute Gasteiger partial charge is 0.355 e. The lowest BCUT2D eigenvalue weighted by Crippen LogP contribution is -2.51. The van der Waals surface area contributed by atoms with Gasteiger partial charge in [-0.25, -0.2) is 0 Å². The number of hydrogen-bond acceptors (Lipinski definition) is 4. The van der Waals surface area contributed by atoms with Crippen LogP contribution in [0.1, 0.15) is 24.2 Å². The highest BCUT2D eigenvalue weighted by atomic mass is 16.2. The molecule has 1 saturated heterocycles. The summed E-state index contributed by atoms with van der Waals surface area (Å²) in [6, 6.07) is 6.94. The maximum Gasteiger partial charge on any atom is 0.254 e. The number of anilines is 1. The maximum absolute atomic E-state index is 12.6. The number of likely N-dealkylation sites (N-methyl/N-ethyl adjacent to an activating group) is 1. The van der Waals surface area contributed by atoms with Crippen LogP contribution in [0.5, 0.6) is 0 Å². The van der Waals surface area contributed by atoms with Crippen LogP contribution in [0.3, 0.4) is 0 Å². The molecule has 1 aliphatic rings. The molecule has 0 atom stereocenters. The monoisotopic (exact) mass is 332 g/mol. The first-order valence-corrected chi connectivity index (χ1v) is 8.15. The number of amides is 3. The quantitative estimate of drug-likeness (QED) is 0.824. The van der Waals surface area contributed by atoms with Crippen LogP contribution >= 0.6 is 0 Å². The Morgan fingerprint density at radius 2 is 1.83 bits per heavy atom. The molecule has 1 aliphatic heterocycles. The second-order valence-electron chi connectivity index (χ2n) is 5.78. The molecule has 0 unspecified atom stereocenters. The second kappa shape index (κ2) is 8.44. The molecule has 24 heavy (non-hydrogen) atoms. The Kier molecular flexibility index (Phi) is 6.31. The van der Waals surface area contributed by atoms with Gasteiger partial charge >= 0.3 is 0 Å². The van der Waals surface area contributed by atoms with E-state index in [1.807, 2.05) is 11.8 Å². The Hall–Kier alpha value is -2.41. The zero-order valence-electron chi connectivity index (χ0n) is 14.2. The molecule has 2 rings (SSSR count). The van der Waals surface area contributed by atoms with Gasteiger partial charge in [-0.15, -0.1) is 0 Å². The maximum atomic E-state index is 12.6. The molecule has 1 aromatic rings. The SMILES string of the molecule is CCNC(=O)CN1CCN(C(=O)c2cccc(NC(C)=O)c2)CC1. The van der Waals surface area contributed by atoms with Crippen molar-refractivity contribution in [3.05, 3.63) is 29.8 Å². The highest BCUT2D eigenvalue weighted by Gasteiger charge is 2.23. The minimum atomic E-state index is -0.168. The summed E-state index contributed by atoms with van der Waals surface area (Å²) in [4.78, 5) is 39.1. The fraction of sp³-hybridized carbons (Fsp3) is 0.471. The highest BCUT2D eigenvalue weighted by Crippen LogP contribution is 2.14. The van der Waals surface area contributed by atoms with E-state index in [1.54, 1.807) is 29.2 Å². The second-order valence-corrected chi connectivity index (χ2v) is 5.78. The van der Waals surface area contributed by atoms with E-state index < -0.39 is 0 Å². The molecular formula is C17H24N4O3. The van der Waals surface area contributed by atoms with E-state index in [0.29, 0.717) is 50.5 Å². The van der Waals surface area contributed by atoms with Crippen LogP contribution in [0, 0.1) is 0 Å². The lowest BCUT2D eigenvalue weighted by molar-refractivity contribution is -0.122. The smallest absolute Gasteiger partial charge is 0.254 e. The summed E-state index contributed by atoms with van der Waals surface area (Å²) in [5.74, 6) is -0.210. The lowest BCUT2D eigenvalue weighted by atomic mass is 10.1. The number of benzene rings is 1. The van der Waals surface area contributed by atoms with Crippen molar-refractivity contribution in [2.45, 2.75) is 13.8 Å². The Labute approximate surface area is 142 Å². The number of nitrogens with zero attached hydrogens (tertiary/aromatic N) is 2. The van der Waals surface area contributed by atoms with Gasteiger partial charge < -0.3 is 15.5 Å². The first-order chi connectivity index (χ1) is 11.5. The molecule has 1 fully saturated rings. The minimum Gasteiger partial charge on any atom is -0.355 e. The van der Waals surface area contributed by atoms with Gasteiger partial charge in [-0.3, -0.25) is 19.3 Å². The van der Waals surface area contributed by atoms with Gasteiger partial charge in [0, 0.05) is 50.9 Å². The van der Waals surface area contributed by atoms with Crippen LogP contribution in [0.25, 0.3) is 0 Å². The highest BCUT2D eigenvalue weighted by molar-refractivity contribution is 5.96. The van der Waals surface area contributed by atoms with E-state index in [9.17, 15) is 14.4 Å². The average Bonchev–Trinajstić information content (AvgIpc) is 2.55. The van der Waals surface area contributed by atoms with Gasteiger partial charge in [0.25, 0.3) is 5.91 Å². The Morgan fingerprint density at radius 3 is 2.46 bits per heavy atom. The predicted octanol–water partition coefficient (Wildman–Crippen LogP) is 0.539. The molecule has 0 aliphatic carbocycles. The molecule has 0 saturated carbocycles. The summed E-state index contributed by atoms with van der Waals surface area (Å²) < 4.78 is 0. The van der Waals surface area contributed by atoms with Crippen LogP contribution in [0.2, 0.25) is 0 Å². The standard InChI is InChI=1S/C17H24N4O3/c1-3-18-16(23)12-20-7-9-21(10-8-20)17(24)14-5-4-6-15(11-14)19-13(2)22/h4-6,11H,3,7-10,12H2,1-2H3,(H,18,23)(H,19,22). The average molecular weight is 332 g/mol. The van der Waals surface area contributed by atoms with Gasteiger partial charge in [-0.2, -0.15) is 0 Å². The van der Waals surface area contributed by atoms with Crippen molar-refractivity contribution in [3.63, 3.8) is 0 Å². The zero-order chi connectivity index (χ0) is 17.5.